The molecule has 2 heterocycles. The van der Waals surface area contributed by atoms with Crippen LogP contribution >= 0.6 is 11.6 Å². The van der Waals surface area contributed by atoms with E-state index in [1.165, 1.54) is 23.8 Å². The summed E-state index contributed by atoms with van der Waals surface area (Å²) in [4.78, 5) is 15.4. The first-order chi connectivity index (χ1) is 7.15. The predicted molar refractivity (Wildman–Crippen MR) is 56.0 cm³/mol. The van der Waals surface area contributed by atoms with E-state index in [1.807, 2.05) is 0 Å². The van der Waals surface area contributed by atoms with E-state index >= 15 is 0 Å². The molecule has 15 heavy (non-hydrogen) atoms. The van der Waals surface area contributed by atoms with Gasteiger partial charge in [0, 0.05) is 12.4 Å². The summed E-state index contributed by atoms with van der Waals surface area (Å²) in [5.74, 6) is -0.148. The van der Waals surface area contributed by atoms with Gasteiger partial charge >= 0.3 is 5.97 Å². The molecule has 5 nitrogen and oxygen atoms in total. The third-order valence-corrected chi connectivity index (χ3v) is 2.36. The summed E-state index contributed by atoms with van der Waals surface area (Å²) in [5, 5.41) is 0.293. The van der Waals surface area contributed by atoms with Gasteiger partial charge in [0.2, 0.25) is 0 Å². The van der Waals surface area contributed by atoms with Gasteiger partial charge in [0.1, 0.15) is 11.4 Å². The maximum absolute atomic E-state index is 11.4. The van der Waals surface area contributed by atoms with Crippen LogP contribution in [0.5, 0.6) is 0 Å². The molecule has 0 atom stereocenters. The van der Waals surface area contributed by atoms with E-state index in [9.17, 15) is 4.79 Å². The summed E-state index contributed by atoms with van der Waals surface area (Å²) in [6.07, 6.45) is 3.16. The number of nitrogens with two attached hydrogens (primary N) is 1. The Morgan fingerprint density at radius 3 is 3.07 bits per heavy atom. The summed E-state index contributed by atoms with van der Waals surface area (Å²) in [7, 11) is 1.30. The third-order valence-electron chi connectivity index (χ3n) is 2.06. The number of aromatic nitrogens is 2. The minimum absolute atomic E-state index is 0.293. The number of anilines is 1. The lowest BCUT2D eigenvalue weighted by molar-refractivity contribution is 0.0602. The van der Waals surface area contributed by atoms with Crippen molar-refractivity contribution in [1.29, 1.82) is 0 Å². The molecule has 0 fully saturated rings. The molecule has 0 aliphatic heterocycles. The van der Waals surface area contributed by atoms with Crippen LogP contribution in [0.25, 0.3) is 5.65 Å². The lowest BCUT2D eigenvalue weighted by Crippen LogP contribution is -2.07. The molecule has 2 N–H and O–H groups in total. The largest absolute Gasteiger partial charge is 0.465 e. The van der Waals surface area contributed by atoms with Crippen LogP contribution in [0.3, 0.4) is 0 Å². The molecule has 0 unspecified atom stereocenters. The average molecular weight is 226 g/mol. The van der Waals surface area contributed by atoms with Crippen molar-refractivity contribution in [3.63, 3.8) is 0 Å². The van der Waals surface area contributed by atoms with Gasteiger partial charge in [-0.1, -0.05) is 11.6 Å². The number of hydrogen-bond acceptors (Lipinski definition) is 4. The number of nitrogen functional groups attached to an aromatic ring is 1. The minimum Gasteiger partial charge on any atom is -0.465 e. The van der Waals surface area contributed by atoms with Crippen LogP contribution in [0.2, 0.25) is 5.02 Å². The lowest BCUT2D eigenvalue weighted by Gasteiger charge is -2.06. The highest BCUT2D eigenvalue weighted by molar-refractivity contribution is 6.33. The van der Waals surface area contributed by atoms with Crippen LogP contribution in [0.15, 0.2) is 18.5 Å². The molecule has 0 saturated heterocycles. The fourth-order valence-electron chi connectivity index (χ4n) is 1.34. The Morgan fingerprint density at radius 2 is 2.40 bits per heavy atom. The molecule has 0 aromatic carbocycles. The molecule has 0 radical (unpaired) electrons. The van der Waals surface area contributed by atoms with Crippen molar-refractivity contribution in [2.75, 3.05) is 12.8 Å². The van der Waals surface area contributed by atoms with Crippen molar-refractivity contribution < 1.29 is 9.53 Å². The van der Waals surface area contributed by atoms with E-state index in [0.29, 0.717) is 22.1 Å². The zero-order valence-electron chi connectivity index (χ0n) is 7.90. The number of carbonyl (C=O) groups is 1. The highest BCUT2D eigenvalue weighted by atomic mass is 35.5. The molecule has 2 aromatic rings. The first-order valence-corrected chi connectivity index (χ1v) is 4.52. The Kier molecular flexibility index (Phi) is 2.24. The second-order valence-corrected chi connectivity index (χ2v) is 3.31. The van der Waals surface area contributed by atoms with Crippen LogP contribution in [0, 0.1) is 0 Å². The monoisotopic (exact) mass is 225 g/mol. The van der Waals surface area contributed by atoms with Crippen LogP contribution in [0.4, 0.5) is 5.82 Å². The molecule has 0 aliphatic rings. The van der Waals surface area contributed by atoms with Crippen LogP contribution in [0.1, 0.15) is 10.4 Å². The van der Waals surface area contributed by atoms with Crippen molar-refractivity contribution in [3.8, 4) is 0 Å². The number of halogens is 1. The van der Waals surface area contributed by atoms with Gasteiger partial charge in [-0.2, -0.15) is 0 Å². The van der Waals surface area contributed by atoms with Crippen molar-refractivity contribution in [3.05, 3.63) is 29.0 Å². The summed E-state index contributed by atoms with van der Waals surface area (Å²) in [6, 6.07) is 1.45. The van der Waals surface area contributed by atoms with Gasteiger partial charge in [0.05, 0.1) is 12.1 Å². The highest BCUT2D eigenvalue weighted by Gasteiger charge is 2.15. The SMILES string of the molecule is COC(=O)c1cc(Cl)c(N)n2ccnc12. The Bertz CT molecular complexity index is 535. The number of methoxy groups -OCH3 is 1. The first-order valence-electron chi connectivity index (χ1n) is 4.14. The summed E-state index contributed by atoms with van der Waals surface area (Å²) in [5.41, 5.74) is 6.44. The van der Waals surface area contributed by atoms with E-state index in [2.05, 4.69) is 9.72 Å². The number of pyridine rings is 1. The molecule has 0 spiro atoms. The van der Waals surface area contributed by atoms with Crippen molar-refractivity contribution in [2.24, 2.45) is 0 Å². The molecular formula is C9H8ClN3O2. The van der Waals surface area contributed by atoms with E-state index in [4.69, 9.17) is 17.3 Å². The number of carbonyl (C=O) groups excluding carboxylic acids is 1. The maximum Gasteiger partial charge on any atom is 0.341 e. The van der Waals surface area contributed by atoms with Crippen LogP contribution in [-0.4, -0.2) is 22.5 Å². The molecule has 0 amide bonds. The number of nitrogens with zero attached hydrogens (tertiary/aromatic N) is 2. The Morgan fingerprint density at radius 1 is 1.67 bits per heavy atom. The third kappa shape index (κ3) is 1.41. The standard InChI is InChI=1S/C9H8ClN3O2/c1-15-9(14)5-4-6(10)7(11)13-3-2-12-8(5)13/h2-4H,11H2,1H3. The Labute approximate surface area is 90.4 Å². The minimum atomic E-state index is -0.492. The number of ether oxygens (including phenoxy) is 1. The quantitative estimate of drug-likeness (QED) is 0.744. The van der Waals surface area contributed by atoms with Gasteiger partial charge < -0.3 is 10.5 Å². The average Bonchev–Trinajstić information content (AvgIpc) is 2.71. The van der Waals surface area contributed by atoms with Gasteiger partial charge in [-0.3, -0.25) is 4.40 Å². The van der Waals surface area contributed by atoms with E-state index in [-0.39, 0.29) is 0 Å². The lowest BCUT2D eigenvalue weighted by atomic mass is 10.2. The molecule has 2 rings (SSSR count). The zero-order chi connectivity index (χ0) is 11.0. The Balaban J connectivity index is 2.80. The topological polar surface area (TPSA) is 69.6 Å². The van der Waals surface area contributed by atoms with Gasteiger partial charge in [-0.15, -0.1) is 0 Å². The van der Waals surface area contributed by atoms with E-state index in [0.717, 1.165) is 0 Å². The highest BCUT2D eigenvalue weighted by Crippen LogP contribution is 2.23. The summed E-state index contributed by atoms with van der Waals surface area (Å²) in [6.45, 7) is 0. The van der Waals surface area contributed by atoms with Gasteiger partial charge in [-0.05, 0) is 6.07 Å². The normalized spacial score (nSPS) is 10.5. The summed E-state index contributed by atoms with van der Waals surface area (Å²) >= 11 is 5.87. The van der Waals surface area contributed by atoms with Crippen molar-refractivity contribution in [1.82, 2.24) is 9.38 Å². The number of fused-ring (bicyclic) bond motifs is 1. The zero-order valence-corrected chi connectivity index (χ0v) is 8.65. The maximum atomic E-state index is 11.4. The molecule has 0 aliphatic carbocycles. The van der Waals surface area contributed by atoms with Crippen LogP contribution < -0.4 is 5.73 Å². The van der Waals surface area contributed by atoms with E-state index in [1.54, 1.807) is 6.20 Å². The van der Waals surface area contributed by atoms with Gasteiger partial charge in [-0.25, -0.2) is 9.78 Å². The second kappa shape index (κ2) is 3.43. The molecule has 0 bridgehead atoms. The number of rotatable bonds is 1. The summed E-state index contributed by atoms with van der Waals surface area (Å²) < 4.78 is 6.15. The fraction of sp³-hybridized carbons (Fsp3) is 0.111. The van der Waals surface area contributed by atoms with Crippen LogP contribution in [-0.2, 0) is 4.74 Å². The molecule has 2 aromatic heterocycles. The van der Waals surface area contributed by atoms with Gasteiger partial charge in [0.25, 0.3) is 0 Å². The molecule has 0 saturated carbocycles. The first kappa shape index (κ1) is 9.79. The number of hydrogen-bond donors (Lipinski definition) is 1. The second-order valence-electron chi connectivity index (χ2n) is 2.90. The predicted octanol–water partition coefficient (Wildman–Crippen LogP) is 1.36. The number of esters is 1. The molecular weight excluding hydrogens is 218 g/mol. The van der Waals surface area contributed by atoms with E-state index < -0.39 is 5.97 Å². The number of imidazole rings is 1. The van der Waals surface area contributed by atoms with Crippen molar-refractivity contribution >= 4 is 29.0 Å². The molecule has 78 valence electrons. The Hall–Kier alpha value is -1.75. The van der Waals surface area contributed by atoms with Crippen molar-refractivity contribution in [2.45, 2.75) is 0 Å². The smallest absolute Gasteiger partial charge is 0.341 e. The van der Waals surface area contributed by atoms with Gasteiger partial charge in [0.15, 0.2) is 5.65 Å². The fourth-order valence-corrected chi connectivity index (χ4v) is 1.54. The molecule has 6 heteroatoms.